The molecule has 0 fully saturated rings. The van der Waals surface area contributed by atoms with Crippen molar-refractivity contribution in [2.24, 2.45) is 0 Å². The van der Waals surface area contributed by atoms with E-state index in [-0.39, 0.29) is 5.97 Å². The highest BCUT2D eigenvalue weighted by molar-refractivity contribution is 5.96. The first-order chi connectivity index (χ1) is 11.3. The van der Waals surface area contributed by atoms with Gasteiger partial charge in [-0.05, 0) is 35.9 Å². The molecule has 0 atom stereocenters. The van der Waals surface area contributed by atoms with Crippen LogP contribution in [0.5, 0.6) is 5.75 Å². The molecular weight excluding hydrogens is 284 g/mol. The van der Waals surface area contributed by atoms with Crippen LogP contribution in [0.2, 0.25) is 0 Å². The standard InChI is InChI=1S/C21H20O2/c1-2-3-9-17-15-14-16-10-7-8-13-19(16)20(17)23-21(22)18-11-5-4-6-12-18/h4-8,10-15H,2-3,9H2,1H3. The molecule has 0 radical (unpaired) electrons. The summed E-state index contributed by atoms with van der Waals surface area (Å²) in [6, 6.07) is 21.3. The summed E-state index contributed by atoms with van der Waals surface area (Å²) >= 11 is 0. The molecule has 0 aliphatic carbocycles. The molecule has 0 aliphatic rings. The maximum Gasteiger partial charge on any atom is 0.343 e. The van der Waals surface area contributed by atoms with Crippen LogP contribution in [0.1, 0.15) is 35.7 Å². The number of hydrogen-bond donors (Lipinski definition) is 0. The van der Waals surface area contributed by atoms with Gasteiger partial charge in [-0.3, -0.25) is 0 Å². The predicted molar refractivity (Wildman–Crippen MR) is 94.0 cm³/mol. The van der Waals surface area contributed by atoms with Crippen LogP contribution in [0, 0.1) is 0 Å². The van der Waals surface area contributed by atoms with Crippen LogP contribution in [0.15, 0.2) is 66.7 Å². The molecule has 0 unspecified atom stereocenters. The van der Waals surface area contributed by atoms with Gasteiger partial charge in [0.05, 0.1) is 5.56 Å². The minimum Gasteiger partial charge on any atom is -0.422 e. The lowest BCUT2D eigenvalue weighted by Gasteiger charge is -2.13. The maximum atomic E-state index is 12.5. The number of fused-ring (bicyclic) bond motifs is 1. The highest BCUT2D eigenvalue weighted by atomic mass is 16.5. The first-order valence-corrected chi connectivity index (χ1v) is 8.07. The van der Waals surface area contributed by atoms with Crippen molar-refractivity contribution in [2.75, 3.05) is 0 Å². The second kappa shape index (κ2) is 7.10. The highest BCUT2D eigenvalue weighted by Crippen LogP contribution is 2.31. The summed E-state index contributed by atoms with van der Waals surface area (Å²) in [5, 5.41) is 2.08. The van der Waals surface area contributed by atoms with Crippen molar-refractivity contribution in [3.05, 3.63) is 77.9 Å². The molecule has 0 aliphatic heterocycles. The molecule has 0 bridgehead atoms. The molecule has 3 aromatic carbocycles. The fourth-order valence-electron chi connectivity index (χ4n) is 2.70. The Kier molecular flexibility index (Phi) is 4.72. The van der Waals surface area contributed by atoms with E-state index in [0.29, 0.717) is 11.3 Å². The van der Waals surface area contributed by atoms with Crippen molar-refractivity contribution in [2.45, 2.75) is 26.2 Å². The van der Waals surface area contributed by atoms with Crippen molar-refractivity contribution < 1.29 is 9.53 Å². The number of esters is 1. The summed E-state index contributed by atoms with van der Waals surface area (Å²) < 4.78 is 5.80. The molecule has 0 spiro atoms. The summed E-state index contributed by atoms with van der Waals surface area (Å²) in [5.41, 5.74) is 1.66. The second-order valence-corrected chi connectivity index (χ2v) is 5.63. The minimum atomic E-state index is -0.306. The molecule has 0 aromatic heterocycles. The number of benzene rings is 3. The Bertz CT molecular complexity index is 806. The molecule has 0 heterocycles. The summed E-state index contributed by atoms with van der Waals surface area (Å²) in [6.07, 6.45) is 3.10. The van der Waals surface area contributed by atoms with E-state index >= 15 is 0 Å². The van der Waals surface area contributed by atoms with Crippen molar-refractivity contribution >= 4 is 16.7 Å². The van der Waals surface area contributed by atoms with Gasteiger partial charge < -0.3 is 4.74 Å². The van der Waals surface area contributed by atoms with Gasteiger partial charge in [0, 0.05) is 5.39 Å². The molecule has 2 nitrogen and oxygen atoms in total. The topological polar surface area (TPSA) is 26.3 Å². The lowest BCUT2D eigenvalue weighted by Crippen LogP contribution is -2.10. The summed E-state index contributed by atoms with van der Waals surface area (Å²) in [7, 11) is 0. The van der Waals surface area contributed by atoms with Gasteiger partial charge >= 0.3 is 5.97 Å². The molecule has 3 aromatic rings. The van der Waals surface area contributed by atoms with E-state index in [1.54, 1.807) is 12.1 Å². The molecule has 116 valence electrons. The average Bonchev–Trinajstić information content (AvgIpc) is 2.61. The van der Waals surface area contributed by atoms with E-state index in [4.69, 9.17) is 4.74 Å². The van der Waals surface area contributed by atoms with E-state index in [0.717, 1.165) is 35.6 Å². The number of hydrogen-bond acceptors (Lipinski definition) is 2. The van der Waals surface area contributed by atoms with E-state index < -0.39 is 0 Å². The molecule has 2 heteroatoms. The third-order valence-electron chi connectivity index (χ3n) is 3.97. The average molecular weight is 304 g/mol. The van der Waals surface area contributed by atoms with Crippen molar-refractivity contribution in [1.82, 2.24) is 0 Å². The second-order valence-electron chi connectivity index (χ2n) is 5.63. The van der Waals surface area contributed by atoms with E-state index in [1.807, 2.05) is 42.5 Å². The van der Waals surface area contributed by atoms with Crippen LogP contribution in [0.4, 0.5) is 0 Å². The Hall–Kier alpha value is -2.61. The minimum absolute atomic E-state index is 0.306. The Morgan fingerprint density at radius 3 is 2.43 bits per heavy atom. The Labute approximate surface area is 136 Å². The fourth-order valence-corrected chi connectivity index (χ4v) is 2.70. The van der Waals surface area contributed by atoms with Crippen LogP contribution < -0.4 is 4.74 Å². The summed E-state index contributed by atoms with van der Waals surface area (Å²) in [4.78, 5) is 12.5. The maximum absolute atomic E-state index is 12.5. The number of unbranched alkanes of at least 4 members (excludes halogenated alkanes) is 1. The van der Waals surface area contributed by atoms with Crippen LogP contribution in [0.25, 0.3) is 10.8 Å². The van der Waals surface area contributed by atoms with Gasteiger partial charge in [0.25, 0.3) is 0 Å². The van der Waals surface area contributed by atoms with Gasteiger partial charge in [-0.1, -0.05) is 67.9 Å². The molecule has 23 heavy (non-hydrogen) atoms. The van der Waals surface area contributed by atoms with Gasteiger partial charge in [-0.15, -0.1) is 0 Å². The zero-order chi connectivity index (χ0) is 16.1. The highest BCUT2D eigenvalue weighted by Gasteiger charge is 2.14. The Balaban J connectivity index is 2.01. The van der Waals surface area contributed by atoms with Crippen LogP contribution in [0.3, 0.4) is 0 Å². The van der Waals surface area contributed by atoms with Gasteiger partial charge in [0.15, 0.2) is 0 Å². The SMILES string of the molecule is CCCCc1ccc2ccccc2c1OC(=O)c1ccccc1. The van der Waals surface area contributed by atoms with Crippen LogP contribution >= 0.6 is 0 Å². The van der Waals surface area contributed by atoms with Crippen molar-refractivity contribution in [1.29, 1.82) is 0 Å². The van der Waals surface area contributed by atoms with E-state index in [1.165, 1.54) is 0 Å². The number of ether oxygens (including phenoxy) is 1. The molecule has 0 saturated heterocycles. The molecule has 0 saturated carbocycles. The molecule has 3 rings (SSSR count). The molecule has 0 N–H and O–H groups in total. The lowest BCUT2D eigenvalue weighted by molar-refractivity contribution is 0.0735. The fraction of sp³-hybridized carbons (Fsp3) is 0.190. The third-order valence-corrected chi connectivity index (χ3v) is 3.97. The molecular formula is C21H20O2. The quantitative estimate of drug-likeness (QED) is 0.466. The largest absolute Gasteiger partial charge is 0.422 e. The van der Waals surface area contributed by atoms with Crippen molar-refractivity contribution in [3.8, 4) is 5.75 Å². The normalized spacial score (nSPS) is 10.7. The van der Waals surface area contributed by atoms with Gasteiger partial charge in [-0.25, -0.2) is 4.79 Å². The zero-order valence-corrected chi connectivity index (χ0v) is 13.3. The predicted octanol–water partition coefficient (Wildman–Crippen LogP) is 5.40. The van der Waals surface area contributed by atoms with Gasteiger partial charge in [0.1, 0.15) is 5.75 Å². The number of carbonyl (C=O) groups is 1. The van der Waals surface area contributed by atoms with Crippen molar-refractivity contribution in [3.63, 3.8) is 0 Å². The Morgan fingerprint density at radius 1 is 0.913 bits per heavy atom. The van der Waals surface area contributed by atoms with Gasteiger partial charge in [-0.2, -0.15) is 0 Å². The number of carbonyl (C=O) groups excluding carboxylic acids is 1. The van der Waals surface area contributed by atoms with E-state index in [9.17, 15) is 4.79 Å². The number of rotatable bonds is 5. The van der Waals surface area contributed by atoms with Gasteiger partial charge in [0.2, 0.25) is 0 Å². The molecule has 0 amide bonds. The van der Waals surface area contributed by atoms with Crippen LogP contribution in [-0.2, 0) is 6.42 Å². The zero-order valence-electron chi connectivity index (χ0n) is 13.3. The lowest BCUT2D eigenvalue weighted by atomic mass is 10.0. The Morgan fingerprint density at radius 2 is 1.65 bits per heavy atom. The summed E-state index contributed by atoms with van der Waals surface area (Å²) in [5.74, 6) is 0.394. The first kappa shape index (κ1) is 15.3. The first-order valence-electron chi connectivity index (χ1n) is 8.07. The van der Waals surface area contributed by atoms with Crippen LogP contribution in [-0.4, -0.2) is 5.97 Å². The third kappa shape index (κ3) is 3.42. The number of aryl methyl sites for hydroxylation is 1. The smallest absolute Gasteiger partial charge is 0.343 e. The monoisotopic (exact) mass is 304 g/mol. The van der Waals surface area contributed by atoms with E-state index in [2.05, 4.69) is 19.1 Å². The summed E-state index contributed by atoms with van der Waals surface area (Å²) in [6.45, 7) is 2.16.